The van der Waals surface area contributed by atoms with Crippen molar-refractivity contribution < 1.29 is 17.5 Å². The van der Waals surface area contributed by atoms with E-state index in [1.165, 1.54) is 18.3 Å². The fourth-order valence-corrected chi connectivity index (χ4v) is 2.47. The molecule has 134 valence electrons. The number of nitrogens with zero attached hydrogens (tertiary/aromatic N) is 4. The number of anilines is 1. The topological polar surface area (TPSA) is 189 Å². The van der Waals surface area contributed by atoms with E-state index in [0.717, 1.165) is 0 Å². The number of sulfonamides is 1. The highest BCUT2D eigenvalue weighted by Crippen LogP contribution is 2.23. The molecular weight excluding hydrogens is 362 g/mol. The van der Waals surface area contributed by atoms with Crippen LogP contribution in [0.1, 0.15) is 11.5 Å². The molecule has 0 bridgehead atoms. The van der Waals surface area contributed by atoms with Gasteiger partial charge in [-0.05, 0) is 46.7 Å². The predicted molar refractivity (Wildman–Crippen MR) is 92.5 cm³/mol. The molecule has 0 saturated heterocycles. The second kappa shape index (κ2) is 6.78. The van der Waals surface area contributed by atoms with E-state index in [1.54, 1.807) is 24.3 Å². The smallest absolute Gasteiger partial charge is 0.238 e. The molecule has 0 atom stereocenters. The molecular formula is C14H13N7O4S. The summed E-state index contributed by atoms with van der Waals surface area (Å²) >= 11 is 0. The monoisotopic (exact) mass is 375 g/mol. The van der Waals surface area contributed by atoms with Gasteiger partial charge in [0.1, 0.15) is 11.5 Å². The quantitative estimate of drug-likeness (QED) is 0.322. The highest BCUT2D eigenvalue weighted by atomic mass is 32.2. The molecule has 2 heterocycles. The van der Waals surface area contributed by atoms with E-state index < -0.39 is 10.0 Å². The molecule has 0 fully saturated rings. The average molecular weight is 375 g/mol. The molecule has 12 heteroatoms. The molecule has 0 saturated carbocycles. The number of furan rings is 1. The van der Waals surface area contributed by atoms with Gasteiger partial charge in [-0.3, -0.25) is 0 Å². The van der Waals surface area contributed by atoms with Crippen LogP contribution in [0.3, 0.4) is 0 Å². The molecule has 0 radical (unpaired) electrons. The summed E-state index contributed by atoms with van der Waals surface area (Å²) in [6.07, 6.45) is 1.33. The number of benzene rings is 1. The van der Waals surface area contributed by atoms with Crippen LogP contribution in [0.2, 0.25) is 0 Å². The van der Waals surface area contributed by atoms with Gasteiger partial charge in [0.25, 0.3) is 0 Å². The Morgan fingerprint density at radius 3 is 2.46 bits per heavy atom. The van der Waals surface area contributed by atoms with E-state index in [2.05, 4.69) is 25.1 Å². The summed E-state index contributed by atoms with van der Waals surface area (Å²) in [6.45, 7) is 0. The zero-order chi connectivity index (χ0) is 18.7. The van der Waals surface area contributed by atoms with Crippen LogP contribution in [-0.2, 0) is 10.0 Å². The summed E-state index contributed by atoms with van der Waals surface area (Å²) in [6, 6.07) is 9.29. The minimum atomic E-state index is -3.74. The highest BCUT2D eigenvalue weighted by molar-refractivity contribution is 7.89. The van der Waals surface area contributed by atoms with Gasteiger partial charge in [0.05, 0.1) is 11.1 Å². The fraction of sp³-hybridized carbons (Fsp3) is 0. The standard InChI is InChI=1S/C14H13N7O4S/c15-13(12-14(16)21-25-20-12)19-18-7-9-3-6-11(24-9)8-1-4-10(5-2-8)26(17,22)23/h1-7H,(H2,15,19)(H2,16,21)(H2,17,22,23)/b18-7-. The molecule has 1 aromatic carbocycles. The molecule has 3 aromatic rings. The van der Waals surface area contributed by atoms with Crippen molar-refractivity contribution in [3.05, 3.63) is 47.9 Å². The Balaban J connectivity index is 1.75. The van der Waals surface area contributed by atoms with E-state index in [9.17, 15) is 8.42 Å². The van der Waals surface area contributed by atoms with Gasteiger partial charge in [0.15, 0.2) is 17.3 Å². The van der Waals surface area contributed by atoms with Crippen LogP contribution in [0.4, 0.5) is 5.82 Å². The van der Waals surface area contributed by atoms with Crippen molar-refractivity contribution in [3.63, 3.8) is 0 Å². The summed E-state index contributed by atoms with van der Waals surface area (Å²) in [5.74, 6) is 0.850. The lowest BCUT2D eigenvalue weighted by Gasteiger charge is -2.00. The maximum atomic E-state index is 11.3. The van der Waals surface area contributed by atoms with Gasteiger partial charge < -0.3 is 15.9 Å². The second-order valence-corrected chi connectivity index (χ2v) is 6.56. The van der Waals surface area contributed by atoms with Crippen LogP contribution in [-0.4, -0.2) is 30.8 Å². The first-order valence-corrected chi connectivity index (χ1v) is 8.57. The van der Waals surface area contributed by atoms with Crippen molar-refractivity contribution in [1.82, 2.24) is 10.3 Å². The number of primary sulfonamides is 1. The first-order valence-electron chi connectivity index (χ1n) is 7.02. The van der Waals surface area contributed by atoms with Gasteiger partial charge in [-0.1, -0.05) is 0 Å². The Hall–Kier alpha value is -3.51. The Labute approximate surface area is 147 Å². The van der Waals surface area contributed by atoms with E-state index in [4.69, 9.17) is 21.0 Å². The largest absolute Gasteiger partial charge is 0.455 e. The highest BCUT2D eigenvalue weighted by Gasteiger charge is 2.11. The number of rotatable bonds is 5. The van der Waals surface area contributed by atoms with Crippen LogP contribution in [0.25, 0.3) is 11.3 Å². The Kier molecular flexibility index (Phi) is 4.51. The molecule has 11 nitrogen and oxygen atoms in total. The van der Waals surface area contributed by atoms with Gasteiger partial charge >= 0.3 is 0 Å². The normalized spacial score (nSPS) is 12.7. The molecule has 0 aliphatic heterocycles. The summed E-state index contributed by atoms with van der Waals surface area (Å²) in [5.41, 5.74) is 11.9. The van der Waals surface area contributed by atoms with Gasteiger partial charge in [-0.2, -0.15) is 5.10 Å². The summed E-state index contributed by atoms with van der Waals surface area (Å²) in [7, 11) is -3.74. The van der Waals surface area contributed by atoms with Crippen molar-refractivity contribution in [1.29, 1.82) is 0 Å². The van der Waals surface area contributed by atoms with Crippen LogP contribution < -0.4 is 16.6 Å². The van der Waals surface area contributed by atoms with Crippen molar-refractivity contribution in [2.45, 2.75) is 4.90 Å². The second-order valence-electron chi connectivity index (χ2n) is 5.00. The summed E-state index contributed by atoms with van der Waals surface area (Å²) in [4.78, 5) is 0.0148. The van der Waals surface area contributed by atoms with Crippen molar-refractivity contribution in [3.8, 4) is 11.3 Å². The summed E-state index contributed by atoms with van der Waals surface area (Å²) in [5, 5.41) is 19.4. The number of amidine groups is 1. The SMILES string of the molecule is NC(=N/N=C\c1ccc(-c2ccc(S(N)(=O)=O)cc2)o1)c1nonc1N. The van der Waals surface area contributed by atoms with Crippen LogP contribution >= 0.6 is 0 Å². The maximum Gasteiger partial charge on any atom is 0.238 e. The first-order chi connectivity index (χ1) is 12.3. The minimum absolute atomic E-state index is 0.00433. The fourth-order valence-electron chi connectivity index (χ4n) is 1.95. The average Bonchev–Trinajstić information content (AvgIpc) is 3.23. The Morgan fingerprint density at radius 2 is 1.85 bits per heavy atom. The van der Waals surface area contributed by atoms with E-state index >= 15 is 0 Å². The van der Waals surface area contributed by atoms with Crippen LogP contribution in [0, 0.1) is 0 Å². The zero-order valence-electron chi connectivity index (χ0n) is 13.1. The van der Waals surface area contributed by atoms with Crippen LogP contribution in [0.15, 0.2) is 60.5 Å². The van der Waals surface area contributed by atoms with Gasteiger partial charge in [0, 0.05) is 5.56 Å². The number of aromatic nitrogens is 2. The summed E-state index contributed by atoms with van der Waals surface area (Å²) < 4.78 is 32.5. The molecule has 3 rings (SSSR count). The molecule has 0 aliphatic rings. The molecule has 2 aromatic heterocycles. The van der Waals surface area contributed by atoms with Crippen molar-refractivity contribution in [2.75, 3.05) is 5.73 Å². The Morgan fingerprint density at radius 1 is 1.12 bits per heavy atom. The van der Waals surface area contributed by atoms with Crippen molar-refractivity contribution >= 4 is 27.9 Å². The zero-order valence-corrected chi connectivity index (χ0v) is 13.9. The number of nitrogens with two attached hydrogens (primary N) is 3. The predicted octanol–water partition coefficient (Wildman–Crippen LogP) is 0.299. The molecule has 6 N–H and O–H groups in total. The van der Waals surface area contributed by atoms with E-state index in [1.807, 2.05) is 0 Å². The maximum absolute atomic E-state index is 11.3. The van der Waals surface area contributed by atoms with Gasteiger partial charge in [-0.25, -0.2) is 18.2 Å². The number of hydrogen-bond donors (Lipinski definition) is 3. The van der Waals surface area contributed by atoms with Gasteiger partial charge in [0.2, 0.25) is 10.0 Å². The lowest BCUT2D eigenvalue weighted by molar-refractivity contribution is 0.308. The van der Waals surface area contributed by atoms with E-state index in [0.29, 0.717) is 17.1 Å². The molecule has 0 aliphatic carbocycles. The third-order valence-corrected chi connectivity index (χ3v) is 4.13. The third-order valence-electron chi connectivity index (χ3n) is 3.20. The number of nitrogen functional groups attached to an aromatic ring is 1. The molecule has 0 unspecified atom stereocenters. The van der Waals surface area contributed by atoms with Gasteiger partial charge in [-0.15, -0.1) is 5.10 Å². The Bertz CT molecular complexity index is 1080. The molecule has 0 spiro atoms. The lowest BCUT2D eigenvalue weighted by atomic mass is 10.2. The number of hydrogen-bond acceptors (Lipinski definition) is 9. The lowest BCUT2D eigenvalue weighted by Crippen LogP contribution is -2.15. The van der Waals surface area contributed by atoms with E-state index in [-0.39, 0.29) is 22.2 Å². The first kappa shape index (κ1) is 17.3. The minimum Gasteiger partial charge on any atom is -0.455 e. The van der Waals surface area contributed by atoms with Crippen LogP contribution in [0.5, 0.6) is 0 Å². The molecule has 0 amide bonds. The molecule has 26 heavy (non-hydrogen) atoms. The third kappa shape index (κ3) is 3.76. The van der Waals surface area contributed by atoms with Crippen molar-refractivity contribution in [2.24, 2.45) is 21.1 Å².